The van der Waals surface area contributed by atoms with Crippen LogP contribution in [-0.4, -0.2) is 27.6 Å². The van der Waals surface area contributed by atoms with E-state index in [2.05, 4.69) is 15.5 Å². The van der Waals surface area contributed by atoms with Gasteiger partial charge in [-0.05, 0) is 37.1 Å². The van der Waals surface area contributed by atoms with Crippen molar-refractivity contribution >= 4 is 23.3 Å². The second-order valence-electron chi connectivity index (χ2n) is 6.34. The molecule has 6 nitrogen and oxygen atoms in total. The topological polar surface area (TPSA) is 71.3 Å². The zero-order valence-electron chi connectivity index (χ0n) is 14.5. The Kier molecular flexibility index (Phi) is 4.95. The Morgan fingerprint density at radius 1 is 1.25 bits per heavy atom. The van der Waals surface area contributed by atoms with Gasteiger partial charge in [-0.1, -0.05) is 28.9 Å². The molecule has 2 aromatic carbocycles. The lowest BCUT2D eigenvalue weighted by atomic mass is 10.2. The molecule has 1 atom stereocenters. The van der Waals surface area contributed by atoms with E-state index in [0.717, 1.165) is 18.6 Å². The van der Waals surface area contributed by atoms with Crippen LogP contribution in [0.15, 0.2) is 47.0 Å². The maximum absolute atomic E-state index is 14.0. The van der Waals surface area contributed by atoms with Gasteiger partial charge in [0.1, 0.15) is 17.7 Å². The fraction of sp³-hybridized carbons (Fsp3) is 0.211. The Hall–Kier alpha value is -3.00. The molecule has 0 bridgehead atoms. The van der Waals surface area contributed by atoms with E-state index in [4.69, 9.17) is 16.1 Å². The fourth-order valence-electron chi connectivity index (χ4n) is 3.17. The monoisotopic (exact) mass is 404 g/mol. The normalized spacial score (nSPS) is 16.4. The summed E-state index contributed by atoms with van der Waals surface area (Å²) in [6, 6.07) is 9.26. The quantitative estimate of drug-likeness (QED) is 0.664. The summed E-state index contributed by atoms with van der Waals surface area (Å²) in [5, 5.41) is 6.98. The summed E-state index contributed by atoms with van der Waals surface area (Å²) in [5.41, 5.74) is 0.529. The van der Waals surface area contributed by atoms with E-state index >= 15 is 0 Å². The van der Waals surface area contributed by atoms with Crippen LogP contribution in [0.4, 0.5) is 19.3 Å². The van der Waals surface area contributed by atoms with Crippen molar-refractivity contribution < 1.29 is 18.1 Å². The van der Waals surface area contributed by atoms with Crippen LogP contribution in [-0.2, 0) is 0 Å². The third kappa shape index (κ3) is 3.55. The molecule has 0 unspecified atom stereocenters. The van der Waals surface area contributed by atoms with Crippen molar-refractivity contribution in [3.05, 3.63) is 65.0 Å². The van der Waals surface area contributed by atoms with Crippen molar-refractivity contribution in [2.24, 2.45) is 0 Å². The Bertz CT molecular complexity index is 1030. The number of anilines is 1. The Morgan fingerprint density at radius 2 is 2.07 bits per heavy atom. The Morgan fingerprint density at radius 3 is 2.86 bits per heavy atom. The van der Waals surface area contributed by atoms with Crippen LogP contribution in [0, 0.1) is 11.6 Å². The zero-order valence-corrected chi connectivity index (χ0v) is 15.3. The highest BCUT2D eigenvalue weighted by molar-refractivity contribution is 6.33. The third-order valence-electron chi connectivity index (χ3n) is 4.53. The van der Waals surface area contributed by atoms with Crippen molar-refractivity contribution in [3.63, 3.8) is 0 Å². The van der Waals surface area contributed by atoms with Gasteiger partial charge in [-0.3, -0.25) is 0 Å². The van der Waals surface area contributed by atoms with Crippen LogP contribution >= 0.6 is 11.6 Å². The summed E-state index contributed by atoms with van der Waals surface area (Å²) in [7, 11) is 0. The molecular weight excluding hydrogens is 390 g/mol. The Labute approximate surface area is 164 Å². The number of aromatic nitrogens is 2. The standard InChI is InChI=1S/C19H15ClF2N4O2/c20-13-4-1-2-5-15(13)23-19(27)26-9-3-6-16(26)18-24-17(25-28-18)12-8-7-11(21)10-14(12)22/h1-2,4-5,7-8,10,16H,3,6,9H2,(H,23,27)/t16-/m1/s1. The summed E-state index contributed by atoms with van der Waals surface area (Å²) >= 11 is 6.09. The first-order valence-electron chi connectivity index (χ1n) is 8.64. The molecule has 144 valence electrons. The lowest BCUT2D eigenvalue weighted by molar-refractivity contribution is 0.193. The molecule has 3 aromatic rings. The average molecular weight is 405 g/mol. The van der Waals surface area contributed by atoms with Crippen LogP contribution in [0.25, 0.3) is 11.4 Å². The van der Waals surface area contributed by atoms with E-state index in [-0.39, 0.29) is 23.3 Å². The molecule has 1 N–H and O–H groups in total. The lowest BCUT2D eigenvalue weighted by Crippen LogP contribution is -2.34. The maximum atomic E-state index is 14.0. The fourth-order valence-corrected chi connectivity index (χ4v) is 3.35. The number of likely N-dealkylation sites (tertiary alicyclic amines) is 1. The second-order valence-corrected chi connectivity index (χ2v) is 6.75. The molecule has 0 spiro atoms. The molecule has 0 aliphatic carbocycles. The molecule has 1 aliphatic heterocycles. The van der Waals surface area contributed by atoms with Crippen LogP contribution in [0.2, 0.25) is 5.02 Å². The first-order chi connectivity index (χ1) is 13.5. The molecule has 9 heteroatoms. The van der Waals surface area contributed by atoms with Crippen molar-refractivity contribution in [1.29, 1.82) is 0 Å². The van der Waals surface area contributed by atoms with Gasteiger partial charge in [-0.2, -0.15) is 4.98 Å². The number of benzene rings is 2. The molecule has 1 aromatic heterocycles. The number of hydrogen-bond acceptors (Lipinski definition) is 4. The molecule has 0 saturated carbocycles. The number of hydrogen-bond donors (Lipinski definition) is 1. The largest absolute Gasteiger partial charge is 0.337 e. The first kappa shape index (κ1) is 18.4. The number of nitrogens with zero attached hydrogens (tertiary/aromatic N) is 3. The zero-order chi connectivity index (χ0) is 19.7. The van der Waals surface area contributed by atoms with Gasteiger partial charge in [-0.15, -0.1) is 0 Å². The SMILES string of the molecule is O=C(Nc1ccccc1Cl)N1CCC[C@@H]1c1nc(-c2ccc(F)cc2F)no1. The number of rotatable bonds is 3. The van der Waals surface area contributed by atoms with Crippen LogP contribution in [0.5, 0.6) is 0 Å². The maximum Gasteiger partial charge on any atom is 0.322 e. The van der Waals surface area contributed by atoms with Crippen LogP contribution in [0.1, 0.15) is 24.8 Å². The summed E-state index contributed by atoms with van der Waals surface area (Å²) in [5.74, 6) is -1.27. The number of carbonyl (C=O) groups is 1. The average Bonchev–Trinajstić information content (AvgIpc) is 3.32. The van der Waals surface area contributed by atoms with Gasteiger partial charge < -0.3 is 14.7 Å². The van der Waals surface area contributed by atoms with Crippen molar-refractivity contribution in [3.8, 4) is 11.4 Å². The van der Waals surface area contributed by atoms with Gasteiger partial charge in [0.05, 0.1) is 16.3 Å². The molecule has 2 heterocycles. The number of halogens is 3. The van der Waals surface area contributed by atoms with E-state index in [1.807, 2.05) is 0 Å². The Balaban J connectivity index is 1.55. The molecular formula is C19H15ClF2N4O2. The van der Waals surface area contributed by atoms with E-state index in [1.165, 1.54) is 6.07 Å². The van der Waals surface area contributed by atoms with Crippen molar-refractivity contribution in [2.75, 3.05) is 11.9 Å². The highest BCUT2D eigenvalue weighted by Crippen LogP contribution is 2.33. The molecule has 0 radical (unpaired) electrons. The summed E-state index contributed by atoms with van der Waals surface area (Å²) in [4.78, 5) is 18.5. The van der Waals surface area contributed by atoms with Gasteiger partial charge >= 0.3 is 6.03 Å². The first-order valence-corrected chi connectivity index (χ1v) is 9.02. The van der Waals surface area contributed by atoms with Gasteiger partial charge in [0.25, 0.3) is 0 Å². The minimum absolute atomic E-state index is 0.00543. The van der Waals surface area contributed by atoms with Crippen LogP contribution < -0.4 is 5.32 Å². The number of amides is 2. The van der Waals surface area contributed by atoms with E-state index in [0.29, 0.717) is 23.7 Å². The van der Waals surface area contributed by atoms with Gasteiger partial charge in [0.15, 0.2) is 0 Å². The smallest absolute Gasteiger partial charge is 0.322 e. The highest BCUT2D eigenvalue weighted by Gasteiger charge is 2.34. The summed E-state index contributed by atoms with van der Waals surface area (Å²) < 4.78 is 32.3. The van der Waals surface area contributed by atoms with Crippen molar-refractivity contribution in [1.82, 2.24) is 15.0 Å². The minimum Gasteiger partial charge on any atom is -0.337 e. The van der Waals surface area contributed by atoms with Gasteiger partial charge in [-0.25, -0.2) is 13.6 Å². The molecule has 1 aliphatic rings. The third-order valence-corrected chi connectivity index (χ3v) is 4.86. The van der Waals surface area contributed by atoms with Gasteiger partial charge in [0, 0.05) is 12.6 Å². The van der Waals surface area contributed by atoms with E-state index in [9.17, 15) is 13.6 Å². The predicted octanol–water partition coefficient (Wildman–Crippen LogP) is 5.04. The van der Waals surface area contributed by atoms with E-state index in [1.54, 1.807) is 29.2 Å². The van der Waals surface area contributed by atoms with E-state index < -0.39 is 17.7 Å². The molecule has 1 fully saturated rings. The number of carbonyl (C=O) groups excluding carboxylic acids is 1. The van der Waals surface area contributed by atoms with Crippen LogP contribution in [0.3, 0.4) is 0 Å². The number of urea groups is 1. The molecule has 1 saturated heterocycles. The summed E-state index contributed by atoms with van der Waals surface area (Å²) in [6.07, 6.45) is 1.38. The van der Waals surface area contributed by atoms with Crippen molar-refractivity contribution in [2.45, 2.75) is 18.9 Å². The predicted molar refractivity (Wildman–Crippen MR) is 98.8 cm³/mol. The molecule has 4 rings (SSSR count). The van der Waals surface area contributed by atoms with Gasteiger partial charge in [0.2, 0.25) is 11.7 Å². The molecule has 28 heavy (non-hydrogen) atoms. The number of nitrogens with one attached hydrogen (secondary N) is 1. The highest BCUT2D eigenvalue weighted by atomic mass is 35.5. The number of para-hydroxylation sites is 1. The lowest BCUT2D eigenvalue weighted by Gasteiger charge is -2.22. The summed E-state index contributed by atoms with van der Waals surface area (Å²) in [6.45, 7) is 0.504. The molecule has 2 amide bonds. The second kappa shape index (κ2) is 7.55. The minimum atomic E-state index is -0.785.